The van der Waals surface area contributed by atoms with Gasteiger partial charge >= 0.3 is 0 Å². The fourth-order valence-corrected chi connectivity index (χ4v) is 2.57. The van der Waals surface area contributed by atoms with Crippen LogP contribution in [0.5, 0.6) is 0 Å². The van der Waals surface area contributed by atoms with Crippen molar-refractivity contribution in [1.82, 2.24) is 9.88 Å². The highest BCUT2D eigenvalue weighted by atomic mass is 15.2. The van der Waals surface area contributed by atoms with Crippen LogP contribution in [-0.4, -0.2) is 49.7 Å². The molecule has 0 unspecified atom stereocenters. The zero-order valence-electron chi connectivity index (χ0n) is 11.7. The summed E-state index contributed by atoms with van der Waals surface area (Å²) < 4.78 is 0. The van der Waals surface area contributed by atoms with E-state index in [1.165, 1.54) is 32.5 Å². The average molecular weight is 248 g/mol. The van der Waals surface area contributed by atoms with E-state index in [2.05, 4.69) is 46.2 Å². The summed E-state index contributed by atoms with van der Waals surface area (Å²) in [4.78, 5) is 9.45. The van der Waals surface area contributed by atoms with Crippen molar-refractivity contribution in [3.8, 4) is 0 Å². The maximum atomic E-state index is 4.61. The highest BCUT2D eigenvalue weighted by molar-refractivity contribution is 5.46. The summed E-state index contributed by atoms with van der Waals surface area (Å²) in [5, 5.41) is 3.10. The lowest BCUT2D eigenvalue weighted by atomic mass is 10.0. The molecule has 0 radical (unpaired) electrons. The lowest BCUT2D eigenvalue weighted by Crippen LogP contribution is -2.43. The maximum Gasteiger partial charge on any atom is 0.130 e. The summed E-state index contributed by atoms with van der Waals surface area (Å²) in [7, 11) is 4.07. The van der Waals surface area contributed by atoms with Crippen LogP contribution in [0, 0.1) is 0 Å². The Hall–Kier alpha value is -1.29. The fraction of sp³-hybridized carbons (Fsp3) is 0.643. The van der Waals surface area contributed by atoms with Crippen molar-refractivity contribution in [2.75, 3.05) is 43.9 Å². The SMILES string of the molecule is CCN1CCC(N(C)c2cccc(NC)n2)CC1. The molecule has 0 amide bonds. The van der Waals surface area contributed by atoms with Crippen molar-refractivity contribution in [3.63, 3.8) is 0 Å². The number of hydrogen-bond donors (Lipinski definition) is 1. The smallest absolute Gasteiger partial charge is 0.130 e. The van der Waals surface area contributed by atoms with Crippen LogP contribution in [0.2, 0.25) is 0 Å². The third-order valence-electron chi connectivity index (χ3n) is 3.90. The number of piperidine rings is 1. The first-order valence-electron chi connectivity index (χ1n) is 6.84. The van der Waals surface area contributed by atoms with Gasteiger partial charge in [-0.1, -0.05) is 13.0 Å². The van der Waals surface area contributed by atoms with Gasteiger partial charge < -0.3 is 15.1 Å². The third-order valence-corrected chi connectivity index (χ3v) is 3.90. The summed E-state index contributed by atoms with van der Waals surface area (Å²) in [5.41, 5.74) is 0. The number of rotatable bonds is 4. The van der Waals surface area contributed by atoms with Gasteiger partial charge in [0, 0.05) is 33.2 Å². The summed E-state index contributed by atoms with van der Waals surface area (Å²) >= 11 is 0. The van der Waals surface area contributed by atoms with Crippen molar-refractivity contribution in [1.29, 1.82) is 0 Å². The van der Waals surface area contributed by atoms with Crippen molar-refractivity contribution in [3.05, 3.63) is 18.2 Å². The highest BCUT2D eigenvalue weighted by Gasteiger charge is 2.22. The molecule has 4 heteroatoms. The summed E-state index contributed by atoms with van der Waals surface area (Å²) in [6.45, 7) is 5.82. The van der Waals surface area contributed by atoms with Crippen LogP contribution < -0.4 is 10.2 Å². The van der Waals surface area contributed by atoms with Crippen LogP contribution in [-0.2, 0) is 0 Å². The molecule has 2 heterocycles. The van der Waals surface area contributed by atoms with Crippen LogP contribution in [0.4, 0.5) is 11.6 Å². The van der Waals surface area contributed by atoms with Crippen LogP contribution in [0.1, 0.15) is 19.8 Å². The Labute approximate surface area is 110 Å². The molecule has 1 fully saturated rings. The molecule has 2 rings (SSSR count). The minimum absolute atomic E-state index is 0.618. The van der Waals surface area contributed by atoms with Gasteiger partial charge in [-0.15, -0.1) is 0 Å². The van der Waals surface area contributed by atoms with Crippen LogP contribution in [0.25, 0.3) is 0 Å². The van der Waals surface area contributed by atoms with Crippen molar-refractivity contribution in [2.24, 2.45) is 0 Å². The monoisotopic (exact) mass is 248 g/mol. The van der Waals surface area contributed by atoms with Gasteiger partial charge in [0.1, 0.15) is 11.6 Å². The van der Waals surface area contributed by atoms with Gasteiger partial charge in [0.25, 0.3) is 0 Å². The maximum absolute atomic E-state index is 4.61. The number of pyridine rings is 1. The van der Waals surface area contributed by atoms with Crippen LogP contribution >= 0.6 is 0 Å². The van der Waals surface area contributed by atoms with Crippen molar-refractivity contribution in [2.45, 2.75) is 25.8 Å². The second-order valence-corrected chi connectivity index (χ2v) is 4.91. The quantitative estimate of drug-likeness (QED) is 0.883. The van der Waals surface area contributed by atoms with Crippen molar-refractivity contribution >= 4 is 11.6 Å². The topological polar surface area (TPSA) is 31.4 Å². The fourth-order valence-electron chi connectivity index (χ4n) is 2.57. The largest absolute Gasteiger partial charge is 0.373 e. The molecule has 4 nitrogen and oxygen atoms in total. The Bertz CT molecular complexity index is 372. The molecule has 0 bridgehead atoms. The zero-order valence-corrected chi connectivity index (χ0v) is 11.7. The lowest BCUT2D eigenvalue weighted by molar-refractivity contribution is 0.220. The molecule has 1 aromatic heterocycles. The number of nitrogens with zero attached hydrogens (tertiary/aromatic N) is 3. The van der Waals surface area contributed by atoms with Crippen LogP contribution in [0.15, 0.2) is 18.2 Å². The zero-order chi connectivity index (χ0) is 13.0. The number of anilines is 2. The highest BCUT2D eigenvalue weighted by Crippen LogP contribution is 2.21. The van der Waals surface area contributed by atoms with Gasteiger partial charge in [-0.25, -0.2) is 4.98 Å². The Morgan fingerprint density at radius 1 is 1.39 bits per heavy atom. The molecule has 1 N–H and O–H groups in total. The molecule has 18 heavy (non-hydrogen) atoms. The molecule has 0 spiro atoms. The van der Waals surface area contributed by atoms with Crippen molar-refractivity contribution < 1.29 is 0 Å². The first-order valence-corrected chi connectivity index (χ1v) is 6.84. The lowest BCUT2D eigenvalue weighted by Gasteiger charge is -2.36. The molecular formula is C14H24N4. The van der Waals surface area contributed by atoms with E-state index in [4.69, 9.17) is 0 Å². The third kappa shape index (κ3) is 2.93. The molecule has 1 saturated heterocycles. The predicted octanol–water partition coefficient (Wildman–Crippen LogP) is 2.04. The molecule has 0 aromatic carbocycles. The second kappa shape index (κ2) is 6.05. The normalized spacial score (nSPS) is 17.7. The molecule has 1 aliphatic heterocycles. The molecule has 0 aliphatic carbocycles. The second-order valence-electron chi connectivity index (χ2n) is 4.91. The van der Waals surface area contributed by atoms with E-state index in [1.54, 1.807) is 0 Å². The van der Waals surface area contributed by atoms with E-state index in [1.807, 2.05) is 13.1 Å². The average Bonchev–Trinajstić information content (AvgIpc) is 2.46. The van der Waals surface area contributed by atoms with Gasteiger partial charge in [-0.05, 0) is 31.5 Å². The minimum atomic E-state index is 0.618. The molecule has 100 valence electrons. The Kier molecular flexibility index (Phi) is 4.42. The first kappa shape index (κ1) is 13.1. The summed E-state index contributed by atoms with van der Waals surface area (Å²) in [6, 6.07) is 6.77. The molecule has 1 aliphatic rings. The van der Waals surface area contributed by atoms with E-state index in [-0.39, 0.29) is 0 Å². The van der Waals surface area contributed by atoms with Gasteiger partial charge in [-0.2, -0.15) is 0 Å². The van der Waals surface area contributed by atoms with Gasteiger partial charge in [0.2, 0.25) is 0 Å². The summed E-state index contributed by atoms with van der Waals surface area (Å²) in [6.07, 6.45) is 2.46. The van der Waals surface area contributed by atoms with E-state index in [9.17, 15) is 0 Å². The first-order chi connectivity index (χ1) is 8.74. The van der Waals surface area contributed by atoms with Crippen LogP contribution in [0.3, 0.4) is 0 Å². The molecule has 1 aromatic rings. The Balaban J connectivity index is 2.00. The number of aromatic nitrogens is 1. The van der Waals surface area contributed by atoms with E-state index in [0.29, 0.717) is 6.04 Å². The van der Waals surface area contributed by atoms with Gasteiger partial charge in [-0.3, -0.25) is 0 Å². The number of hydrogen-bond acceptors (Lipinski definition) is 4. The number of nitrogens with one attached hydrogen (secondary N) is 1. The Morgan fingerprint density at radius 3 is 2.72 bits per heavy atom. The minimum Gasteiger partial charge on any atom is -0.373 e. The molecular weight excluding hydrogens is 224 g/mol. The van der Waals surface area contributed by atoms with Gasteiger partial charge in [0.15, 0.2) is 0 Å². The predicted molar refractivity (Wildman–Crippen MR) is 77.3 cm³/mol. The molecule has 0 saturated carbocycles. The van der Waals surface area contributed by atoms with E-state index in [0.717, 1.165) is 11.6 Å². The standard InChI is InChI=1S/C14H24N4/c1-4-18-10-8-12(9-11-18)17(3)14-7-5-6-13(15-2)16-14/h5-7,12H,4,8-11H2,1-3H3,(H,15,16). The van der Waals surface area contributed by atoms with E-state index >= 15 is 0 Å². The van der Waals surface area contributed by atoms with E-state index < -0.39 is 0 Å². The van der Waals surface area contributed by atoms with Gasteiger partial charge in [0.05, 0.1) is 0 Å². The number of likely N-dealkylation sites (tertiary alicyclic amines) is 1. The Morgan fingerprint density at radius 2 is 2.11 bits per heavy atom. The summed E-state index contributed by atoms with van der Waals surface area (Å²) in [5.74, 6) is 2.00. The molecule has 0 atom stereocenters.